The van der Waals surface area contributed by atoms with Gasteiger partial charge in [-0.2, -0.15) is 9.61 Å². The van der Waals surface area contributed by atoms with Crippen LogP contribution in [0, 0.1) is 0 Å². The van der Waals surface area contributed by atoms with Crippen LogP contribution < -0.4 is 11.1 Å². The quantitative estimate of drug-likeness (QED) is 0.445. The van der Waals surface area contributed by atoms with E-state index < -0.39 is 0 Å². The van der Waals surface area contributed by atoms with E-state index in [1.165, 1.54) is 0 Å². The molecule has 188 valence electrons. The molecule has 7 rings (SSSR count). The zero-order valence-electron chi connectivity index (χ0n) is 20.8. The summed E-state index contributed by atoms with van der Waals surface area (Å²) in [7, 11) is 0. The molecule has 6 heterocycles. The van der Waals surface area contributed by atoms with E-state index >= 15 is 0 Å². The third kappa shape index (κ3) is 3.87. The number of benzene rings is 1. The summed E-state index contributed by atoms with van der Waals surface area (Å²) in [5.41, 5.74) is 12.1. The van der Waals surface area contributed by atoms with Crippen molar-refractivity contribution in [2.45, 2.75) is 62.6 Å². The summed E-state index contributed by atoms with van der Waals surface area (Å²) in [4.78, 5) is 25.2. The topological polar surface area (TPSA) is 101 Å². The van der Waals surface area contributed by atoms with Crippen molar-refractivity contribution in [1.82, 2.24) is 29.8 Å². The van der Waals surface area contributed by atoms with Gasteiger partial charge in [-0.25, -0.2) is 4.98 Å². The van der Waals surface area contributed by atoms with Crippen LogP contribution in [0.1, 0.15) is 50.1 Å². The van der Waals surface area contributed by atoms with Gasteiger partial charge in [-0.1, -0.05) is 36.4 Å². The number of nitrogens with one attached hydrogen (secondary N) is 1. The standard InChI is InChI=1S/C29H31N7O/c30-27-15-26(20-13-21-9-10-22(14-20)35(21)29(37)25-7-4-12-31-25)34-28-23(17-33-36(27)28)19-8-11-24(32-16-19)18-5-2-1-3-6-18/h1-3,5-6,8,11,15-17,20-22,25,31H,4,7,9-10,12-14,30H2/t20-,21-,22+,25-/m1/s1. The van der Waals surface area contributed by atoms with E-state index in [0.29, 0.717) is 11.7 Å². The Balaban J connectivity index is 1.17. The Kier molecular flexibility index (Phi) is 5.43. The van der Waals surface area contributed by atoms with Gasteiger partial charge in [0.2, 0.25) is 5.91 Å². The van der Waals surface area contributed by atoms with E-state index in [2.05, 4.69) is 33.5 Å². The number of anilines is 1. The first-order valence-corrected chi connectivity index (χ1v) is 13.4. The van der Waals surface area contributed by atoms with Crippen molar-refractivity contribution >= 4 is 17.4 Å². The third-order valence-corrected chi connectivity index (χ3v) is 8.43. The molecule has 0 aliphatic carbocycles. The highest BCUT2D eigenvalue weighted by Crippen LogP contribution is 2.44. The number of aromatic nitrogens is 4. The molecule has 0 radical (unpaired) electrons. The number of amides is 1. The van der Waals surface area contributed by atoms with Crippen LogP contribution in [0.2, 0.25) is 0 Å². The number of fused-ring (bicyclic) bond motifs is 3. The minimum absolute atomic E-state index is 0.000935. The number of pyridine rings is 1. The fourth-order valence-electron chi connectivity index (χ4n) is 6.61. The predicted molar refractivity (Wildman–Crippen MR) is 143 cm³/mol. The van der Waals surface area contributed by atoms with E-state index in [1.807, 2.05) is 42.7 Å². The highest BCUT2D eigenvalue weighted by Gasteiger charge is 2.45. The van der Waals surface area contributed by atoms with Crippen LogP contribution in [0.15, 0.2) is 60.9 Å². The molecule has 4 aromatic rings. The summed E-state index contributed by atoms with van der Waals surface area (Å²) < 4.78 is 1.71. The van der Waals surface area contributed by atoms with Crippen LogP contribution in [0.4, 0.5) is 5.82 Å². The van der Waals surface area contributed by atoms with Crippen molar-refractivity contribution in [1.29, 1.82) is 0 Å². The molecule has 3 fully saturated rings. The molecule has 8 nitrogen and oxygen atoms in total. The lowest BCUT2D eigenvalue weighted by atomic mass is 9.87. The minimum Gasteiger partial charge on any atom is -0.384 e. The summed E-state index contributed by atoms with van der Waals surface area (Å²) in [6.07, 6.45) is 9.78. The molecule has 1 aromatic carbocycles. The van der Waals surface area contributed by atoms with Crippen molar-refractivity contribution < 1.29 is 4.79 Å². The maximum absolute atomic E-state index is 13.2. The number of carbonyl (C=O) groups excluding carboxylic acids is 1. The third-order valence-electron chi connectivity index (χ3n) is 8.43. The molecular weight excluding hydrogens is 462 g/mol. The van der Waals surface area contributed by atoms with E-state index in [1.54, 1.807) is 4.52 Å². The lowest BCUT2D eigenvalue weighted by molar-refractivity contribution is -0.137. The number of rotatable bonds is 4. The molecule has 3 saturated heterocycles. The maximum atomic E-state index is 13.2. The van der Waals surface area contributed by atoms with Crippen LogP contribution in [-0.2, 0) is 4.79 Å². The largest absolute Gasteiger partial charge is 0.384 e. The first kappa shape index (κ1) is 22.4. The van der Waals surface area contributed by atoms with Crippen LogP contribution >= 0.6 is 0 Å². The van der Waals surface area contributed by atoms with Crippen molar-refractivity contribution in [2.24, 2.45) is 0 Å². The molecule has 0 unspecified atom stereocenters. The van der Waals surface area contributed by atoms with E-state index in [4.69, 9.17) is 15.7 Å². The summed E-state index contributed by atoms with van der Waals surface area (Å²) in [6, 6.07) is 16.8. The van der Waals surface area contributed by atoms with Gasteiger partial charge in [-0.3, -0.25) is 9.78 Å². The molecular formula is C29H31N7O. The Labute approximate surface area is 215 Å². The lowest BCUT2D eigenvalue weighted by Crippen LogP contribution is -2.52. The SMILES string of the molecule is Nc1cc([C@@H]2C[C@H]3CC[C@@H](C2)N3C(=O)[C@H]2CCCN2)nc2c(-c3ccc(-c4ccccc4)nc3)cnn12. The smallest absolute Gasteiger partial charge is 0.240 e. The number of hydrogen-bond donors (Lipinski definition) is 2. The Morgan fingerprint density at radius 2 is 1.78 bits per heavy atom. The van der Waals surface area contributed by atoms with Crippen LogP contribution in [-0.4, -0.2) is 55.1 Å². The maximum Gasteiger partial charge on any atom is 0.240 e. The number of piperidine rings is 1. The summed E-state index contributed by atoms with van der Waals surface area (Å²) in [6.45, 7) is 0.948. The summed E-state index contributed by atoms with van der Waals surface area (Å²) in [5.74, 6) is 1.17. The monoisotopic (exact) mass is 493 g/mol. The highest BCUT2D eigenvalue weighted by atomic mass is 16.2. The molecule has 4 atom stereocenters. The molecule has 3 aromatic heterocycles. The second-order valence-electron chi connectivity index (χ2n) is 10.6. The van der Waals surface area contributed by atoms with Gasteiger partial charge in [0.15, 0.2) is 5.65 Å². The van der Waals surface area contributed by atoms with Crippen LogP contribution in [0.5, 0.6) is 0 Å². The van der Waals surface area contributed by atoms with Crippen molar-refractivity contribution in [2.75, 3.05) is 12.3 Å². The first-order valence-electron chi connectivity index (χ1n) is 13.4. The zero-order chi connectivity index (χ0) is 24.9. The molecule has 3 aliphatic rings. The Morgan fingerprint density at radius 1 is 0.973 bits per heavy atom. The average molecular weight is 494 g/mol. The van der Waals surface area contributed by atoms with Gasteiger partial charge in [-0.05, 0) is 51.1 Å². The minimum atomic E-state index is 0.000935. The van der Waals surface area contributed by atoms with Crippen molar-refractivity contribution in [3.8, 4) is 22.4 Å². The Morgan fingerprint density at radius 3 is 2.49 bits per heavy atom. The average Bonchev–Trinajstić information content (AvgIpc) is 3.68. The van der Waals surface area contributed by atoms with Crippen molar-refractivity contribution in [3.63, 3.8) is 0 Å². The van der Waals surface area contributed by atoms with Gasteiger partial charge in [0, 0.05) is 52.6 Å². The summed E-state index contributed by atoms with van der Waals surface area (Å²) >= 11 is 0. The normalized spacial score (nSPS) is 25.1. The van der Waals surface area contributed by atoms with Crippen LogP contribution in [0.3, 0.4) is 0 Å². The Hall–Kier alpha value is -3.78. The molecule has 8 heteroatoms. The van der Waals surface area contributed by atoms with Crippen LogP contribution in [0.25, 0.3) is 28.0 Å². The number of nitrogen functional groups attached to an aromatic ring is 1. The van der Waals surface area contributed by atoms with Gasteiger partial charge >= 0.3 is 0 Å². The van der Waals surface area contributed by atoms with E-state index in [9.17, 15) is 4.79 Å². The fourth-order valence-corrected chi connectivity index (χ4v) is 6.61. The molecule has 2 bridgehead atoms. The summed E-state index contributed by atoms with van der Waals surface area (Å²) in [5, 5.41) is 7.91. The Bertz CT molecular complexity index is 1430. The molecule has 0 saturated carbocycles. The van der Waals surface area contributed by atoms with Gasteiger partial charge in [-0.15, -0.1) is 0 Å². The lowest BCUT2D eigenvalue weighted by Gasteiger charge is -2.40. The molecule has 3 N–H and O–H groups in total. The van der Waals surface area contributed by atoms with Gasteiger partial charge in [0.25, 0.3) is 0 Å². The molecule has 1 amide bonds. The van der Waals surface area contributed by atoms with Crippen molar-refractivity contribution in [3.05, 3.63) is 66.6 Å². The fraction of sp³-hybridized carbons (Fsp3) is 0.379. The van der Waals surface area contributed by atoms with Gasteiger partial charge < -0.3 is 16.0 Å². The van der Waals surface area contributed by atoms with Gasteiger partial charge in [0.05, 0.1) is 17.9 Å². The molecule has 3 aliphatic heterocycles. The number of nitrogens with zero attached hydrogens (tertiary/aromatic N) is 5. The second-order valence-corrected chi connectivity index (χ2v) is 10.6. The number of nitrogens with two attached hydrogens (primary N) is 1. The van der Waals surface area contributed by atoms with E-state index in [-0.39, 0.29) is 24.0 Å². The van der Waals surface area contributed by atoms with Gasteiger partial charge in [0.1, 0.15) is 5.82 Å². The zero-order valence-corrected chi connectivity index (χ0v) is 20.8. The number of carbonyl (C=O) groups is 1. The highest BCUT2D eigenvalue weighted by molar-refractivity contribution is 5.83. The predicted octanol–water partition coefficient (Wildman–Crippen LogP) is 4.03. The first-order chi connectivity index (χ1) is 18.2. The molecule has 0 spiro atoms. The van der Waals surface area contributed by atoms with E-state index in [0.717, 1.165) is 78.8 Å². The second kappa shape index (κ2) is 8.95. The number of hydrogen-bond acceptors (Lipinski definition) is 6. The molecule has 37 heavy (non-hydrogen) atoms.